The molecule has 0 aliphatic carbocycles. The first-order valence-corrected chi connectivity index (χ1v) is 8.66. The highest BCUT2D eigenvalue weighted by molar-refractivity contribution is 9.10. The molecule has 0 amide bonds. The number of thiazole rings is 1. The van der Waals surface area contributed by atoms with Crippen molar-refractivity contribution < 1.29 is 9.66 Å². The van der Waals surface area contributed by atoms with Crippen LogP contribution in [0.2, 0.25) is 0 Å². The van der Waals surface area contributed by atoms with E-state index >= 15 is 0 Å². The van der Waals surface area contributed by atoms with Crippen molar-refractivity contribution in [3.8, 4) is 5.75 Å². The Bertz CT molecular complexity index is 966. The Balaban J connectivity index is 1.92. The first-order valence-electron chi connectivity index (χ1n) is 7.05. The zero-order valence-corrected chi connectivity index (χ0v) is 15.3. The molecular weight excluding hydrogens is 392 g/mol. The van der Waals surface area contributed by atoms with Crippen molar-refractivity contribution in [2.24, 2.45) is 0 Å². The fraction of sp³-hybridized carbons (Fsp3) is 0.118. The standard InChI is InChI=1S/C17H13BrN2O3S/c1-10-7-13-16(9-14(10)20(21)22)24-17(19-13)6-4-11-3-5-15(23-2)12(18)8-11/h3-9H,1-2H3. The van der Waals surface area contributed by atoms with Crippen molar-refractivity contribution in [3.63, 3.8) is 0 Å². The molecule has 0 aliphatic rings. The number of halogens is 1. The van der Waals surface area contributed by atoms with Crippen LogP contribution in [0.5, 0.6) is 5.75 Å². The van der Waals surface area contributed by atoms with Crippen molar-refractivity contribution in [1.29, 1.82) is 0 Å². The van der Waals surface area contributed by atoms with Gasteiger partial charge in [-0.25, -0.2) is 4.98 Å². The maximum atomic E-state index is 11.0. The fourth-order valence-corrected chi connectivity index (χ4v) is 3.75. The largest absolute Gasteiger partial charge is 0.496 e. The minimum atomic E-state index is -0.362. The molecule has 24 heavy (non-hydrogen) atoms. The van der Waals surface area contributed by atoms with E-state index < -0.39 is 0 Å². The molecule has 1 heterocycles. The van der Waals surface area contributed by atoms with Gasteiger partial charge in [-0.1, -0.05) is 12.1 Å². The van der Waals surface area contributed by atoms with Crippen molar-refractivity contribution in [2.75, 3.05) is 7.11 Å². The van der Waals surface area contributed by atoms with Gasteiger partial charge in [0.05, 0.1) is 26.7 Å². The van der Waals surface area contributed by atoms with E-state index in [1.165, 1.54) is 11.3 Å². The second-order valence-electron chi connectivity index (χ2n) is 5.14. The number of benzene rings is 2. The summed E-state index contributed by atoms with van der Waals surface area (Å²) in [5.74, 6) is 0.773. The Labute approximate surface area is 150 Å². The number of hydrogen-bond donors (Lipinski definition) is 0. The smallest absolute Gasteiger partial charge is 0.273 e. The Morgan fingerprint density at radius 1 is 1.29 bits per heavy atom. The van der Waals surface area contributed by atoms with Gasteiger partial charge in [0, 0.05) is 11.6 Å². The third-order valence-electron chi connectivity index (χ3n) is 3.51. The van der Waals surface area contributed by atoms with Crippen molar-refractivity contribution in [3.05, 3.63) is 61.1 Å². The predicted molar refractivity (Wildman–Crippen MR) is 101 cm³/mol. The van der Waals surface area contributed by atoms with Gasteiger partial charge >= 0.3 is 0 Å². The van der Waals surface area contributed by atoms with E-state index in [2.05, 4.69) is 20.9 Å². The molecule has 0 N–H and O–H groups in total. The number of rotatable bonds is 4. The minimum absolute atomic E-state index is 0.126. The summed E-state index contributed by atoms with van der Waals surface area (Å²) in [6.45, 7) is 1.72. The first kappa shape index (κ1) is 16.6. The number of nitro groups is 1. The highest BCUT2D eigenvalue weighted by Crippen LogP contribution is 2.31. The molecule has 5 nitrogen and oxygen atoms in total. The zero-order valence-electron chi connectivity index (χ0n) is 12.9. The molecule has 0 radical (unpaired) electrons. The molecule has 0 atom stereocenters. The third-order valence-corrected chi connectivity index (χ3v) is 5.12. The lowest BCUT2D eigenvalue weighted by Gasteiger charge is -2.03. The molecule has 7 heteroatoms. The fourth-order valence-electron chi connectivity index (χ4n) is 2.31. The summed E-state index contributed by atoms with van der Waals surface area (Å²) < 4.78 is 6.89. The average Bonchev–Trinajstić information content (AvgIpc) is 2.93. The predicted octanol–water partition coefficient (Wildman–Crippen LogP) is 5.45. The minimum Gasteiger partial charge on any atom is -0.496 e. The number of hydrogen-bond acceptors (Lipinski definition) is 5. The van der Waals surface area contributed by atoms with Crippen LogP contribution < -0.4 is 4.74 Å². The summed E-state index contributed by atoms with van der Waals surface area (Å²) in [5, 5.41) is 11.8. The SMILES string of the molecule is COc1ccc(C=Cc2nc3cc(C)c([N+](=O)[O-])cc3s2)cc1Br. The normalized spacial score (nSPS) is 11.3. The number of aryl methyl sites for hydroxylation is 1. The zero-order chi connectivity index (χ0) is 17.3. The third kappa shape index (κ3) is 3.32. The summed E-state index contributed by atoms with van der Waals surface area (Å²) >= 11 is 4.89. The first-order chi connectivity index (χ1) is 11.5. The lowest BCUT2D eigenvalue weighted by Crippen LogP contribution is -1.90. The van der Waals surface area contributed by atoms with E-state index in [4.69, 9.17) is 4.74 Å². The van der Waals surface area contributed by atoms with Gasteiger partial charge in [-0.15, -0.1) is 11.3 Å². The van der Waals surface area contributed by atoms with Gasteiger partial charge in [0.2, 0.25) is 0 Å². The lowest BCUT2D eigenvalue weighted by molar-refractivity contribution is -0.385. The van der Waals surface area contributed by atoms with E-state index in [9.17, 15) is 10.1 Å². The van der Waals surface area contributed by atoms with Gasteiger partial charge < -0.3 is 4.74 Å². The lowest BCUT2D eigenvalue weighted by atomic mass is 10.2. The van der Waals surface area contributed by atoms with E-state index in [-0.39, 0.29) is 10.6 Å². The Morgan fingerprint density at radius 3 is 2.75 bits per heavy atom. The quantitative estimate of drug-likeness (QED) is 0.427. The highest BCUT2D eigenvalue weighted by Gasteiger charge is 2.13. The molecule has 0 spiro atoms. The van der Waals surface area contributed by atoms with Crippen molar-refractivity contribution >= 4 is 55.3 Å². The van der Waals surface area contributed by atoms with Gasteiger partial charge in [0.25, 0.3) is 5.69 Å². The average molecular weight is 405 g/mol. The van der Waals surface area contributed by atoms with E-state index in [1.807, 2.05) is 30.4 Å². The topological polar surface area (TPSA) is 65.3 Å². The van der Waals surface area contributed by atoms with Crippen LogP contribution >= 0.6 is 27.3 Å². The van der Waals surface area contributed by atoms with Crippen molar-refractivity contribution in [2.45, 2.75) is 6.92 Å². The van der Waals surface area contributed by atoms with Crippen LogP contribution in [0.3, 0.4) is 0 Å². The Hall–Kier alpha value is -2.25. The van der Waals surface area contributed by atoms with Crippen LogP contribution in [0.4, 0.5) is 5.69 Å². The van der Waals surface area contributed by atoms with Gasteiger partial charge in [-0.05, 0) is 52.7 Å². The maximum Gasteiger partial charge on any atom is 0.273 e. The second-order valence-corrected chi connectivity index (χ2v) is 7.06. The number of nitro benzene ring substituents is 1. The molecular formula is C17H13BrN2O3S. The van der Waals surface area contributed by atoms with Crippen LogP contribution in [0.1, 0.15) is 16.1 Å². The van der Waals surface area contributed by atoms with Crippen molar-refractivity contribution in [1.82, 2.24) is 4.98 Å². The maximum absolute atomic E-state index is 11.0. The number of nitrogens with zero attached hydrogens (tertiary/aromatic N) is 2. The van der Waals surface area contributed by atoms with Gasteiger partial charge in [-0.2, -0.15) is 0 Å². The van der Waals surface area contributed by atoms with Gasteiger partial charge in [-0.3, -0.25) is 10.1 Å². The van der Waals surface area contributed by atoms with Crippen LogP contribution in [-0.2, 0) is 0 Å². The number of fused-ring (bicyclic) bond motifs is 1. The van der Waals surface area contributed by atoms with Crippen LogP contribution in [0.15, 0.2) is 34.8 Å². The summed E-state index contributed by atoms with van der Waals surface area (Å²) in [4.78, 5) is 15.2. The Morgan fingerprint density at radius 2 is 2.08 bits per heavy atom. The number of ether oxygens (including phenoxy) is 1. The highest BCUT2D eigenvalue weighted by atomic mass is 79.9. The van der Waals surface area contributed by atoms with Crippen LogP contribution in [-0.4, -0.2) is 17.0 Å². The molecule has 122 valence electrons. The molecule has 3 rings (SSSR count). The molecule has 0 unspecified atom stereocenters. The molecule has 0 aliphatic heterocycles. The summed E-state index contributed by atoms with van der Waals surface area (Å²) in [6.07, 6.45) is 3.85. The van der Waals surface area contributed by atoms with Gasteiger partial charge in [0.1, 0.15) is 10.8 Å². The Kier molecular flexibility index (Phi) is 4.64. The molecule has 0 saturated carbocycles. The van der Waals surface area contributed by atoms with E-state index in [0.717, 1.165) is 31.0 Å². The van der Waals surface area contributed by atoms with Crippen LogP contribution in [0, 0.1) is 17.0 Å². The van der Waals surface area contributed by atoms with Gasteiger partial charge in [0.15, 0.2) is 0 Å². The molecule has 3 aromatic rings. The molecule has 0 fully saturated rings. The summed E-state index contributed by atoms with van der Waals surface area (Å²) in [5.41, 5.74) is 2.52. The second kappa shape index (κ2) is 6.70. The summed E-state index contributed by atoms with van der Waals surface area (Å²) in [7, 11) is 1.62. The molecule has 2 aromatic carbocycles. The molecule has 0 saturated heterocycles. The summed E-state index contributed by atoms with van der Waals surface area (Å²) in [6, 6.07) is 9.13. The molecule has 1 aromatic heterocycles. The van der Waals surface area contributed by atoms with Crippen LogP contribution in [0.25, 0.3) is 22.4 Å². The van der Waals surface area contributed by atoms with E-state index in [0.29, 0.717) is 5.56 Å². The van der Waals surface area contributed by atoms with E-state index in [1.54, 1.807) is 26.2 Å². The monoisotopic (exact) mass is 404 g/mol. The number of methoxy groups -OCH3 is 1. The molecule has 0 bridgehead atoms. The number of aromatic nitrogens is 1.